The number of hydrogen-bond acceptors (Lipinski definition) is 2. The Hall–Kier alpha value is -1.64. The molecular weight excluding hydrogens is 258 g/mol. The summed E-state index contributed by atoms with van der Waals surface area (Å²) in [6.07, 6.45) is 3.41. The van der Waals surface area contributed by atoms with Crippen molar-refractivity contribution in [2.24, 2.45) is 0 Å². The number of likely N-dealkylation sites (tertiary alicyclic amines) is 1. The van der Waals surface area contributed by atoms with Crippen LogP contribution in [0.4, 0.5) is 0 Å². The summed E-state index contributed by atoms with van der Waals surface area (Å²) in [5, 5.41) is 10.7. The van der Waals surface area contributed by atoms with Gasteiger partial charge in [0.25, 0.3) is 0 Å². The van der Waals surface area contributed by atoms with Gasteiger partial charge in [0.2, 0.25) is 0 Å². The first-order valence-corrected chi connectivity index (χ1v) is 7.88. The second-order valence-corrected chi connectivity index (χ2v) is 5.85. The fraction of sp³-hybridized carbons (Fsp3) is 0.368. The lowest BCUT2D eigenvalue weighted by Crippen LogP contribution is -2.29. The van der Waals surface area contributed by atoms with Crippen LogP contribution in [0.3, 0.4) is 0 Å². The predicted octanol–water partition coefficient (Wildman–Crippen LogP) is 3.75. The summed E-state index contributed by atoms with van der Waals surface area (Å²) in [5.74, 6) is 0. The Morgan fingerprint density at radius 3 is 2.29 bits per heavy atom. The van der Waals surface area contributed by atoms with E-state index in [2.05, 4.69) is 23.1 Å². The van der Waals surface area contributed by atoms with E-state index >= 15 is 0 Å². The number of piperidine rings is 1. The van der Waals surface area contributed by atoms with Crippen LogP contribution in [0.15, 0.2) is 54.6 Å². The molecule has 1 unspecified atom stereocenters. The number of aliphatic hydroxyl groups is 1. The van der Waals surface area contributed by atoms with E-state index in [-0.39, 0.29) is 0 Å². The number of rotatable bonds is 4. The zero-order valence-electron chi connectivity index (χ0n) is 12.4. The lowest BCUT2D eigenvalue weighted by Gasteiger charge is -2.28. The average molecular weight is 281 g/mol. The highest BCUT2D eigenvalue weighted by atomic mass is 16.3. The molecule has 2 heteroatoms. The fourth-order valence-electron chi connectivity index (χ4n) is 3.12. The van der Waals surface area contributed by atoms with Crippen molar-refractivity contribution in [3.05, 3.63) is 71.3 Å². The van der Waals surface area contributed by atoms with Gasteiger partial charge in [0.15, 0.2) is 0 Å². The molecule has 1 saturated heterocycles. The van der Waals surface area contributed by atoms with Crippen molar-refractivity contribution in [3.63, 3.8) is 0 Å². The van der Waals surface area contributed by atoms with Crippen molar-refractivity contribution >= 4 is 0 Å². The van der Waals surface area contributed by atoms with E-state index in [4.69, 9.17) is 0 Å². The third-order valence-corrected chi connectivity index (χ3v) is 4.31. The van der Waals surface area contributed by atoms with Crippen LogP contribution in [0.25, 0.3) is 0 Å². The highest BCUT2D eigenvalue weighted by molar-refractivity contribution is 5.35. The molecule has 0 amide bonds. The van der Waals surface area contributed by atoms with Crippen molar-refractivity contribution in [2.75, 3.05) is 13.1 Å². The molecule has 1 aliphatic heterocycles. The minimum Gasteiger partial charge on any atom is -0.384 e. The molecule has 1 atom stereocenters. The number of benzene rings is 2. The van der Waals surface area contributed by atoms with Gasteiger partial charge in [-0.15, -0.1) is 0 Å². The smallest absolute Gasteiger partial charge is 0.104 e. The third-order valence-electron chi connectivity index (χ3n) is 4.31. The van der Waals surface area contributed by atoms with Crippen molar-refractivity contribution in [1.82, 2.24) is 4.90 Å². The summed E-state index contributed by atoms with van der Waals surface area (Å²) < 4.78 is 0. The molecule has 1 aliphatic rings. The Morgan fingerprint density at radius 1 is 0.857 bits per heavy atom. The highest BCUT2D eigenvalue weighted by Gasteiger charge is 2.17. The van der Waals surface area contributed by atoms with Gasteiger partial charge in [-0.3, -0.25) is 4.90 Å². The molecule has 2 aromatic rings. The molecule has 0 spiro atoms. The Bertz CT molecular complexity index is 561. The van der Waals surface area contributed by atoms with E-state index in [1.807, 2.05) is 36.4 Å². The summed E-state index contributed by atoms with van der Waals surface area (Å²) in [7, 11) is 0. The standard InChI is InChI=1S/C19H23NO/c21-19(16-9-3-1-4-10-16)18-12-6-5-11-17(18)15-20-13-7-2-8-14-20/h1,3-6,9-12,19,21H,2,7-8,13-15H2. The molecule has 2 aromatic carbocycles. The van der Waals surface area contributed by atoms with E-state index in [0.717, 1.165) is 17.7 Å². The quantitative estimate of drug-likeness (QED) is 0.922. The van der Waals surface area contributed by atoms with E-state index in [1.165, 1.54) is 37.9 Å². The van der Waals surface area contributed by atoms with Crippen LogP contribution in [-0.2, 0) is 6.54 Å². The van der Waals surface area contributed by atoms with Gasteiger partial charge in [-0.05, 0) is 42.6 Å². The van der Waals surface area contributed by atoms with Crippen LogP contribution in [-0.4, -0.2) is 23.1 Å². The first kappa shape index (κ1) is 14.3. The molecule has 1 fully saturated rings. The predicted molar refractivity (Wildman–Crippen MR) is 86.1 cm³/mol. The number of nitrogens with zero attached hydrogens (tertiary/aromatic N) is 1. The minimum atomic E-state index is -0.535. The Labute approximate surface area is 127 Å². The maximum Gasteiger partial charge on any atom is 0.104 e. The molecular formula is C19H23NO. The zero-order valence-corrected chi connectivity index (χ0v) is 12.4. The minimum absolute atomic E-state index is 0.535. The molecule has 0 aromatic heterocycles. The van der Waals surface area contributed by atoms with Gasteiger partial charge in [0.05, 0.1) is 0 Å². The van der Waals surface area contributed by atoms with Gasteiger partial charge < -0.3 is 5.11 Å². The second-order valence-electron chi connectivity index (χ2n) is 5.85. The molecule has 0 saturated carbocycles. The molecule has 3 rings (SSSR count). The number of aliphatic hydroxyl groups excluding tert-OH is 1. The average Bonchev–Trinajstić information content (AvgIpc) is 2.56. The van der Waals surface area contributed by atoms with Gasteiger partial charge in [-0.25, -0.2) is 0 Å². The van der Waals surface area contributed by atoms with Crippen LogP contribution < -0.4 is 0 Å². The molecule has 21 heavy (non-hydrogen) atoms. The van der Waals surface area contributed by atoms with Crippen LogP contribution in [0.1, 0.15) is 42.1 Å². The monoisotopic (exact) mass is 281 g/mol. The summed E-state index contributed by atoms with van der Waals surface area (Å²) >= 11 is 0. The molecule has 0 bridgehead atoms. The zero-order chi connectivity index (χ0) is 14.5. The molecule has 0 aliphatic carbocycles. The Balaban J connectivity index is 1.81. The first-order chi connectivity index (χ1) is 10.3. The first-order valence-electron chi connectivity index (χ1n) is 7.88. The number of hydrogen-bond donors (Lipinski definition) is 1. The summed E-state index contributed by atoms with van der Waals surface area (Å²) in [4.78, 5) is 2.50. The van der Waals surface area contributed by atoms with Crippen molar-refractivity contribution in [2.45, 2.75) is 31.9 Å². The topological polar surface area (TPSA) is 23.5 Å². The summed E-state index contributed by atoms with van der Waals surface area (Å²) in [6, 6.07) is 18.2. The van der Waals surface area contributed by atoms with Crippen LogP contribution >= 0.6 is 0 Å². The molecule has 0 radical (unpaired) electrons. The van der Waals surface area contributed by atoms with E-state index in [9.17, 15) is 5.11 Å². The van der Waals surface area contributed by atoms with Gasteiger partial charge in [-0.1, -0.05) is 61.0 Å². The fourth-order valence-corrected chi connectivity index (χ4v) is 3.12. The van der Waals surface area contributed by atoms with E-state index in [1.54, 1.807) is 0 Å². The van der Waals surface area contributed by atoms with Gasteiger partial charge in [-0.2, -0.15) is 0 Å². The lowest BCUT2D eigenvalue weighted by atomic mass is 9.96. The van der Waals surface area contributed by atoms with Crippen molar-refractivity contribution in [1.29, 1.82) is 0 Å². The van der Waals surface area contributed by atoms with Crippen LogP contribution in [0.2, 0.25) is 0 Å². The van der Waals surface area contributed by atoms with Crippen molar-refractivity contribution < 1.29 is 5.11 Å². The van der Waals surface area contributed by atoms with Gasteiger partial charge in [0.1, 0.15) is 6.10 Å². The Kier molecular flexibility index (Phi) is 4.69. The highest BCUT2D eigenvalue weighted by Crippen LogP contribution is 2.26. The maximum atomic E-state index is 10.7. The van der Waals surface area contributed by atoms with Crippen LogP contribution in [0.5, 0.6) is 0 Å². The normalized spacial score (nSPS) is 17.6. The SMILES string of the molecule is OC(c1ccccc1)c1ccccc1CN1CCCCC1. The van der Waals surface area contributed by atoms with E-state index in [0.29, 0.717) is 0 Å². The maximum absolute atomic E-state index is 10.7. The third kappa shape index (κ3) is 3.52. The van der Waals surface area contributed by atoms with Crippen LogP contribution in [0, 0.1) is 0 Å². The van der Waals surface area contributed by atoms with Crippen molar-refractivity contribution in [3.8, 4) is 0 Å². The molecule has 2 nitrogen and oxygen atoms in total. The van der Waals surface area contributed by atoms with Gasteiger partial charge >= 0.3 is 0 Å². The summed E-state index contributed by atoms with van der Waals surface area (Å²) in [6.45, 7) is 3.30. The molecule has 1 heterocycles. The second kappa shape index (κ2) is 6.88. The van der Waals surface area contributed by atoms with Gasteiger partial charge in [0, 0.05) is 6.54 Å². The molecule has 110 valence electrons. The largest absolute Gasteiger partial charge is 0.384 e. The lowest BCUT2D eigenvalue weighted by molar-refractivity contribution is 0.204. The summed E-state index contributed by atoms with van der Waals surface area (Å²) in [5.41, 5.74) is 3.24. The Morgan fingerprint density at radius 2 is 1.52 bits per heavy atom. The molecule has 1 N–H and O–H groups in total. The van der Waals surface area contributed by atoms with E-state index < -0.39 is 6.10 Å².